The van der Waals surface area contributed by atoms with Gasteiger partial charge in [-0.3, -0.25) is 19.4 Å². The minimum atomic E-state index is -1.68. The van der Waals surface area contributed by atoms with Gasteiger partial charge in [-0.1, -0.05) is 6.08 Å². The zero-order valence-electron chi connectivity index (χ0n) is 22.5. The van der Waals surface area contributed by atoms with E-state index in [9.17, 15) is 39.9 Å². The van der Waals surface area contributed by atoms with Gasteiger partial charge >= 0.3 is 5.97 Å². The molecule has 0 radical (unpaired) electrons. The van der Waals surface area contributed by atoms with Crippen molar-refractivity contribution in [2.75, 3.05) is 6.54 Å². The highest BCUT2D eigenvalue weighted by atomic mass is 16.7. The Morgan fingerprint density at radius 2 is 1.80 bits per heavy atom. The third-order valence-electron chi connectivity index (χ3n) is 7.45. The molecular formula is C29H29NO11. The lowest BCUT2D eigenvalue weighted by molar-refractivity contribution is -0.268. The SMILES string of the molecule is CC(=O)Oc1cc(CO)c2c(c1)C(=O)c1c(CC3=CCN=C3)c(O[C@H]3O[C@@H](C)[C@@H](O)[C@@H](O)[C@H]3O)c(C)c(O)c1C2=O. The van der Waals surface area contributed by atoms with Gasteiger partial charge in [0.2, 0.25) is 6.29 Å². The van der Waals surface area contributed by atoms with E-state index in [2.05, 4.69) is 4.99 Å². The van der Waals surface area contributed by atoms with E-state index in [0.717, 1.165) is 6.92 Å². The zero-order chi connectivity index (χ0) is 29.7. The van der Waals surface area contributed by atoms with E-state index in [4.69, 9.17) is 14.2 Å². The molecule has 1 saturated heterocycles. The summed E-state index contributed by atoms with van der Waals surface area (Å²) in [4.78, 5) is 43.8. The van der Waals surface area contributed by atoms with Gasteiger partial charge in [-0.15, -0.1) is 0 Å². The van der Waals surface area contributed by atoms with Crippen molar-refractivity contribution in [3.8, 4) is 17.2 Å². The maximum absolute atomic E-state index is 14.1. The van der Waals surface area contributed by atoms with E-state index < -0.39 is 60.6 Å². The Balaban J connectivity index is 1.72. The first kappa shape index (κ1) is 28.6. The smallest absolute Gasteiger partial charge is 0.308 e. The summed E-state index contributed by atoms with van der Waals surface area (Å²) >= 11 is 0. The summed E-state index contributed by atoms with van der Waals surface area (Å²) in [5.74, 6) is -2.76. The highest BCUT2D eigenvalue weighted by molar-refractivity contribution is 6.31. The molecule has 0 bridgehead atoms. The van der Waals surface area contributed by atoms with Crippen molar-refractivity contribution in [1.29, 1.82) is 0 Å². The largest absolute Gasteiger partial charge is 0.507 e. The molecule has 1 fully saturated rings. The standard InChI is InChI=1S/C29H29NO11/c1-11-22(33)21-20(24(35)17-8-16(40-13(3)32)7-15(10-31)19(17)25(21)36)18(6-14-4-5-30-9-14)28(11)41-29-27(38)26(37)23(34)12(2)39-29/h4,7-9,12,23,26-27,29,31,33-34,37-38H,5-6,10H2,1-3H3/t12-,23+,26+,27+,29+/m0/s1. The second-order valence-corrected chi connectivity index (χ2v) is 10.2. The first-order valence-electron chi connectivity index (χ1n) is 12.9. The fourth-order valence-electron chi connectivity index (χ4n) is 5.37. The number of hydrogen-bond donors (Lipinski definition) is 5. The molecule has 0 spiro atoms. The molecule has 3 aliphatic rings. The second-order valence-electron chi connectivity index (χ2n) is 10.2. The van der Waals surface area contributed by atoms with E-state index in [1.165, 1.54) is 26.0 Å². The van der Waals surface area contributed by atoms with Crippen molar-refractivity contribution in [3.05, 3.63) is 62.7 Å². The number of ketones is 2. The molecule has 5 N–H and O–H groups in total. The Morgan fingerprint density at radius 3 is 2.44 bits per heavy atom. The number of phenols is 1. The molecule has 2 aromatic carbocycles. The number of allylic oxidation sites excluding steroid dienone is 1. The molecule has 5 atom stereocenters. The minimum Gasteiger partial charge on any atom is -0.507 e. The molecular weight excluding hydrogens is 538 g/mol. The van der Waals surface area contributed by atoms with Crippen LogP contribution in [-0.2, 0) is 22.6 Å². The zero-order valence-corrected chi connectivity index (χ0v) is 22.5. The van der Waals surface area contributed by atoms with Crippen molar-refractivity contribution < 1.29 is 54.1 Å². The number of fused-ring (bicyclic) bond motifs is 2. The van der Waals surface area contributed by atoms with Crippen LogP contribution < -0.4 is 9.47 Å². The summed E-state index contributed by atoms with van der Waals surface area (Å²) in [6.45, 7) is 3.86. The third-order valence-corrected chi connectivity index (χ3v) is 7.45. The number of aliphatic hydroxyl groups is 4. The molecule has 0 amide bonds. The van der Waals surface area contributed by atoms with E-state index >= 15 is 0 Å². The van der Waals surface area contributed by atoms with Crippen LogP contribution in [0.25, 0.3) is 0 Å². The maximum atomic E-state index is 14.1. The van der Waals surface area contributed by atoms with E-state index in [0.29, 0.717) is 12.1 Å². The average molecular weight is 568 g/mol. The Kier molecular flexibility index (Phi) is 7.53. The molecule has 2 aromatic rings. The number of carbonyl (C=O) groups is 3. The number of nitrogens with zero attached hydrogens (tertiary/aromatic N) is 1. The average Bonchev–Trinajstić information content (AvgIpc) is 3.45. The van der Waals surface area contributed by atoms with Gasteiger partial charge in [0, 0.05) is 47.4 Å². The number of aliphatic imine (C=N–C) groups is 1. The molecule has 0 aromatic heterocycles. The number of benzene rings is 2. The maximum Gasteiger partial charge on any atom is 0.308 e. The van der Waals surface area contributed by atoms with Crippen LogP contribution in [0.15, 0.2) is 28.8 Å². The van der Waals surface area contributed by atoms with Crippen molar-refractivity contribution in [1.82, 2.24) is 0 Å². The molecule has 12 nitrogen and oxygen atoms in total. The quantitative estimate of drug-likeness (QED) is 0.207. The number of ether oxygens (including phenoxy) is 3. The predicted molar refractivity (Wildman–Crippen MR) is 142 cm³/mol. The Labute approximate surface area is 234 Å². The van der Waals surface area contributed by atoms with Crippen LogP contribution in [0.3, 0.4) is 0 Å². The Bertz CT molecular complexity index is 1530. The van der Waals surface area contributed by atoms with Gasteiger partial charge in [0.05, 0.1) is 24.8 Å². The monoisotopic (exact) mass is 567 g/mol. The number of hydrogen-bond acceptors (Lipinski definition) is 12. The predicted octanol–water partition coefficient (Wildman–Crippen LogP) is 0.653. The van der Waals surface area contributed by atoms with Gasteiger partial charge in [0.25, 0.3) is 0 Å². The summed E-state index contributed by atoms with van der Waals surface area (Å²) in [6, 6.07) is 2.51. The molecule has 41 heavy (non-hydrogen) atoms. The molecule has 12 heteroatoms. The summed E-state index contributed by atoms with van der Waals surface area (Å²) in [5.41, 5.74) is 0.229. The van der Waals surface area contributed by atoms with Gasteiger partial charge in [-0.25, -0.2) is 0 Å². The molecule has 216 valence electrons. The molecule has 1 aliphatic carbocycles. The van der Waals surface area contributed by atoms with Gasteiger partial charge in [-0.05, 0) is 37.1 Å². The summed E-state index contributed by atoms with van der Waals surface area (Å²) in [7, 11) is 0. The Hall–Kier alpha value is -3.94. The fourth-order valence-corrected chi connectivity index (χ4v) is 5.37. The van der Waals surface area contributed by atoms with Crippen LogP contribution in [0.5, 0.6) is 17.2 Å². The van der Waals surface area contributed by atoms with Crippen LogP contribution in [0.2, 0.25) is 0 Å². The number of aromatic hydroxyl groups is 1. The fraction of sp³-hybridized carbons (Fsp3) is 0.379. The molecule has 2 heterocycles. The van der Waals surface area contributed by atoms with Crippen molar-refractivity contribution in [2.45, 2.75) is 64.5 Å². The molecule has 0 saturated carbocycles. The number of carbonyl (C=O) groups excluding carboxylic acids is 3. The van der Waals surface area contributed by atoms with Crippen molar-refractivity contribution in [2.24, 2.45) is 4.99 Å². The van der Waals surface area contributed by atoms with E-state index in [1.54, 1.807) is 12.3 Å². The molecule has 5 rings (SSSR count). The van der Waals surface area contributed by atoms with Crippen molar-refractivity contribution in [3.63, 3.8) is 0 Å². The van der Waals surface area contributed by atoms with Crippen LogP contribution in [0.1, 0.15) is 62.4 Å². The number of rotatable bonds is 6. The minimum absolute atomic E-state index is 0.0348. The number of phenolic OH excluding ortho intramolecular Hbond substituents is 1. The second kappa shape index (κ2) is 10.8. The summed E-state index contributed by atoms with van der Waals surface area (Å²) in [6.07, 6.45) is -3.66. The molecule has 0 unspecified atom stereocenters. The summed E-state index contributed by atoms with van der Waals surface area (Å²) < 4.78 is 16.8. The van der Waals surface area contributed by atoms with Crippen LogP contribution in [0, 0.1) is 6.92 Å². The van der Waals surface area contributed by atoms with Crippen molar-refractivity contribution >= 4 is 23.8 Å². The normalized spacial score (nSPS) is 25.0. The highest BCUT2D eigenvalue weighted by Gasteiger charge is 2.45. The third kappa shape index (κ3) is 4.83. The van der Waals surface area contributed by atoms with E-state index in [-0.39, 0.29) is 56.9 Å². The lowest BCUT2D eigenvalue weighted by Gasteiger charge is -2.39. The van der Waals surface area contributed by atoms with Crippen LogP contribution in [0.4, 0.5) is 0 Å². The topological polar surface area (TPSA) is 192 Å². The van der Waals surface area contributed by atoms with Gasteiger partial charge in [0.15, 0.2) is 11.6 Å². The van der Waals surface area contributed by atoms with Crippen LogP contribution in [-0.4, -0.2) is 86.5 Å². The number of aliphatic hydroxyl groups excluding tert-OH is 4. The van der Waals surface area contributed by atoms with Gasteiger partial charge in [0.1, 0.15) is 35.6 Å². The first-order valence-corrected chi connectivity index (χ1v) is 12.9. The number of esters is 1. The summed E-state index contributed by atoms with van der Waals surface area (Å²) in [5, 5.41) is 52.3. The highest BCUT2D eigenvalue weighted by Crippen LogP contribution is 2.46. The molecule has 2 aliphatic heterocycles. The lowest BCUT2D eigenvalue weighted by atomic mass is 9.77. The van der Waals surface area contributed by atoms with E-state index in [1.807, 2.05) is 0 Å². The van der Waals surface area contributed by atoms with Crippen LogP contribution >= 0.6 is 0 Å². The first-order chi connectivity index (χ1) is 19.4. The van der Waals surface area contributed by atoms with Gasteiger partial charge < -0.3 is 39.7 Å². The Morgan fingerprint density at radius 1 is 1.07 bits per heavy atom. The van der Waals surface area contributed by atoms with Gasteiger partial charge in [-0.2, -0.15) is 0 Å². The lowest BCUT2D eigenvalue weighted by Crippen LogP contribution is -2.58.